The topological polar surface area (TPSA) is 142 Å². The van der Waals surface area contributed by atoms with E-state index in [0.717, 1.165) is 24.0 Å². The number of rotatable bonds is 10. The summed E-state index contributed by atoms with van der Waals surface area (Å²) in [4.78, 5) is 64.7. The quantitative estimate of drug-likeness (QED) is 0.227. The molecule has 0 amide bonds. The van der Waals surface area contributed by atoms with Crippen LogP contribution in [0.2, 0.25) is 0 Å². The fourth-order valence-corrected chi connectivity index (χ4v) is 3.75. The maximum Gasteiger partial charge on any atom is 0.543 e. The van der Waals surface area contributed by atoms with Crippen molar-refractivity contribution in [1.29, 1.82) is 0 Å². The average Bonchev–Trinajstić information content (AvgIpc) is 2.91. The molecule has 0 aliphatic heterocycles. The first-order valence-electron chi connectivity index (χ1n) is 11.9. The van der Waals surface area contributed by atoms with Crippen molar-refractivity contribution in [3.8, 4) is 0 Å². The van der Waals surface area contributed by atoms with Crippen LogP contribution < -0.4 is 0 Å². The largest absolute Gasteiger partial charge is 0.543 e. The Morgan fingerprint density at radius 2 is 0.974 bits per heavy atom. The van der Waals surface area contributed by atoms with E-state index in [4.69, 9.17) is 9.47 Å². The van der Waals surface area contributed by atoms with Crippen molar-refractivity contribution in [2.24, 2.45) is 11.8 Å². The van der Waals surface area contributed by atoms with Gasteiger partial charge < -0.3 is 9.47 Å². The minimum atomic E-state index is -1.20. The molecule has 1 fully saturated rings. The molecule has 1 aliphatic rings. The number of carbonyl (C=O) groups excluding carboxylic acids is 4. The number of aryl methyl sites for hydroxylation is 2. The van der Waals surface area contributed by atoms with Crippen LogP contribution in [0.3, 0.4) is 0 Å². The maximum atomic E-state index is 11.8. The Hall–Kier alpha value is -4.16. The van der Waals surface area contributed by atoms with E-state index in [-0.39, 0.29) is 36.2 Å². The molecule has 2 aromatic rings. The predicted molar refractivity (Wildman–Crippen MR) is 126 cm³/mol. The van der Waals surface area contributed by atoms with E-state index in [1.807, 2.05) is 13.8 Å². The Morgan fingerprint density at radius 3 is 1.34 bits per heavy atom. The van der Waals surface area contributed by atoms with Crippen molar-refractivity contribution in [3.63, 3.8) is 0 Å². The van der Waals surface area contributed by atoms with Gasteiger partial charge in [-0.2, -0.15) is 0 Å². The number of hydrogen-bond acceptors (Lipinski definition) is 12. The van der Waals surface area contributed by atoms with Gasteiger partial charge in [-0.3, -0.25) is 9.78 Å². The Kier molecular flexibility index (Phi) is 10.9. The Morgan fingerprint density at radius 1 is 0.605 bits per heavy atom. The lowest BCUT2D eigenvalue weighted by Gasteiger charge is -2.30. The maximum absolute atomic E-state index is 11.8. The second-order valence-corrected chi connectivity index (χ2v) is 8.70. The van der Waals surface area contributed by atoms with Crippen molar-refractivity contribution in [1.82, 2.24) is 0 Å². The van der Waals surface area contributed by atoms with Crippen molar-refractivity contribution in [2.75, 3.05) is 13.2 Å². The highest BCUT2D eigenvalue weighted by atomic mass is 17.5. The summed E-state index contributed by atoms with van der Waals surface area (Å²) in [5.74, 6) is -1.97. The molecule has 2 unspecified atom stereocenters. The molecule has 204 valence electrons. The lowest BCUT2D eigenvalue weighted by molar-refractivity contribution is -0.453. The summed E-state index contributed by atoms with van der Waals surface area (Å²) in [6, 6.07) is 13.0. The molecule has 3 rings (SSSR count). The number of hydrogen-bond donors (Lipinski definition) is 0. The molecule has 0 saturated heterocycles. The summed E-state index contributed by atoms with van der Waals surface area (Å²) in [5, 5.41) is 8.43. The van der Waals surface area contributed by atoms with E-state index in [2.05, 4.69) is 29.6 Å². The normalized spacial score (nSPS) is 16.6. The van der Waals surface area contributed by atoms with Gasteiger partial charge in [0, 0.05) is 0 Å². The summed E-state index contributed by atoms with van der Waals surface area (Å²) in [7, 11) is 0. The molecule has 1 aliphatic carbocycles. The van der Waals surface area contributed by atoms with Gasteiger partial charge in [0.2, 0.25) is 0 Å². The van der Waals surface area contributed by atoms with E-state index in [9.17, 15) is 19.2 Å². The third-order valence-electron chi connectivity index (χ3n) is 5.90. The van der Waals surface area contributed by atoms with Crippen LogP contribution in [0.15, 0.2) is 48.5 Å². The van der Waals surface area contributed by atoms with Gasteiger partial charge in [0.1, 0.15) is 0 Å². The summed E-state index contributed by atoms with van der Waals surface area (Å²) in [5.41, 5.74) is 2.34. The van der Waals surface area contributed by atoms with Crippen LogP contribution in [0.5, 0.6) is 0 Å². The van der Waals surface area contributed by atoms with E-state index in [1.165, 1.54) is 24.3 Å². The van der Waals surface area contributed by atoms with Crippen LogP contribution in [0.1, 0.15) is 57.5 Å². The lowest BCUT2D eigenvalue weighted by Crippen LogP contribution is -2.30. The summed E-state index contributed by atoms with van der Waals surface area (Å²) >= 11 is 0. The van der Waals surface area contributed by atoms with Crippen LogP contribution in [0.4, 0.5) is 9.59 Å². The van der Waals surface area contributed by atoms with Crippen molar-refractivity contribution < 1.29 is 58.3 Å². The standard InChI is InChI=1S/C26H28O12/c1-17-7-11-19(12-8-17)23(27)33-37-35-25(29)31-15-21-5-3-4-6-22(21)16-32-26(30)36-38-34-24(28)20-13-9-18(2)10-14-20/h7-14,21-22H,3-6,15-16H2,1-2H3. The van der Waals surface area contributed by atoms with E-state index < -0.39 is 24.2 Å². The first kappa shape index (κ1) is 28.4. The van der Waals surface area contributed by atoms with Gasteiger partial charge in [0.05, 0.1) is 34.4 Å². The SMILES string of the molecule is Cc1ccc(C(=O)OOOC(=O)OCC2CCCCC2COC(=O)OOOC(=O)c2ccc(C)cc2)cc1. The van der Waals surface area contributed by atoms with Gasteiger partial charge in [0.25, 0.3) is 0 Å². The van der Waals surface area contributed by atoms with Gasteiger partial charge in [-0.25, -0.2) is 29.0 Å². The molecule has 1 saturated carbocycles. The lowest BCUT2D eigenvalue weighted by atomic mass is 9.80. The minimum Gasteiger partial charge on any atom is -0.432 e. The Balaban J connectivity index is 1.31. The molecular formula is C26H28O12. The van der Waals surface area contributed by atoms with Gasteiger partial charge in [-0.05, 0) is 62.8 Å². The minimum absolute atomic E-state index is 0.0398. The fraction of sp³-hybridized carbons (Fsp3) is 0.385. The second kappa shape index (κ2) is 14.5. The fourth-order valence-electron chi connectivity index (χ4n) is 3.75. The molecule has 38 heavy (non-hydrogen) atoms. The molecule has 0 N–H and O–H groups in total. The zero-order chi connectivity index (χ0) is 27.3. The first-order valence-corrected chi connectivity index (χ1v) is 11.9. The van der Waals surface area contributed by atoms with Crippen LogP contribution in [-0.2, 0) is 39.1 Å². The summed E-state index contributed by atoms with van der Waals surface area (Å²) < 4.78 is 10.1. The molecule has 0 heterocycles. The molecule has 0 bridgehead atoms. The number of carbonyl (C=O) groups is 4. The molecule has 0 spiro atoms. The van der Waals surface area contributed by atoms with Gasteiger partial charge in [0.15, 0.2) is 0 Å². The monoisotopic (exact) mass is 532 g/mol. The number of ether oxygens (including phenoxy) is 2. The van der Waals surface area contributed by atoms with Crippen LogP contribution in [-0.4, -0.2) is 37.5 Å². The predicted octanol–water partition coefficient (Wildman–Crippen LogP) is 5.12. The molecule has 12 nitrogen and oxygen atoms in total. The zero-order valence-corrected chi connectivity index (χ0v) is 20.9. The average molecular weight is 532 g/mol. The van der Waals surface area contributed by atoms with Crippen LogP contribution >= 0.6 is 0 Å². The molecule has 2 atom stereocenters. The Labute approximate surface area is 218 Å². The smallest absolute Gasteiger partial charge is 0.432 e. The van der Waals surface area contributed by atoms with E-state index in [1.54, 1.807) is 24.3 Å². The molecular weight excluding hydrogens is 504 g/mol. The highest BCUT2D eigenvalue weighted by Gasteiger charge is 2.28. The third-order valence-corrected chi connectivity index (χ3v) is 5.90. The van der Waals surface area contributed by atoms with Gasteiger partial charge in [-0.15, -0.1) is 0 Å². The molecule has 0 aromatic heterocycles. The zero-order valence-electron chi connectivity index (χ0n) is 20.9. The number of benzene rings is 2. The highest BCUT2D eigenvalue weighted by Crippen LogP contribution is 2.30. The molecule has 12 heteroatoms. The van der Waals surface area contributed by atoms with Crippen LogP contribution in [0.25, 0.3) is 0 Å². The van der Waals surface area contributed by atoms with Crippen molar-refractivity contribution in [2.45, 2.75) is 39.5 Å². The molecule has 2 aromatic carbocycles. The first-order chi connectivity index (χ1) is 18.3. The van der Waals surface area contributed by atoms with Crippen molar-refractivity contribution in [3.05, 3.63) is 70.8 Å². The summed E-state index contributed by atoms with van der Waals surface area (Å²) in [6.45, 7) is 3.64. The van der Waals surface area contributed by atoms with E-state index in [0.29, 0.717) is 12.8 Å². The summed E-state index contributed by atoms with van der Waals surface area (Å²) in [6.07, 6.45) is 0.818. The van der Waals surface area contributed by atoms with E-state index >= 15 is 0 Å². The third kappa shape index (κ3) is 9.37. The van der Waals surface area contributed by atoms with Gasteiger partial charge >= 0.3 is 24.2 Å². The van der Waals surface area contributed by atoms with Gasteiger partial charge in [-0.1, -0.05) is 48.2 Å². The second-order valence-electron chi connectivity index (χ2n) is 8.70. The Bertz CT molecular complexity index is 993. The van der Waals surface area contributed by atoms with Crippen LogP contribution in [0, 0.1) is 25.7 Å². The highest BCUT2D eigenvalue weighted by molar-refractivity contribution is 5.89. The molecule has 0 radical (unpaired) electrons. The van der Waals surface area contributed by atoms with Crippen molar-refractivity contribution >= 4 is 24.2 Å².